The van der Waals surface area contributed by atoms with Crippen LogP contribution >= 0.6 is 0 Å². The van der Waals surface area contributed by atoms with E-state index in [1.165, 1.54) is 17.7 Å². The minimum Gasteiger partial charge on any atom is -0.379 e. The Labute approximate surface area is 157 Å². The first-order chi connectivity index (χ1) is 13.0. The monoisotopic (exact) mass is 364 g/mol. The van der Waals surface area contributed by atoms with Gasteiger partial charge in [0.05, 0.1) is 18.3 Å². The molecule has 1 amide bonds. The van der Waals surface area contributed by atoms with Gasteiger partial charge in [0.2, 0.25) is 0 Å². The summed E-state index contributed by atoms with van der Waals surface area (Å²) in [5.74, 6) is -0.431. The zero-order valence-electron chi connectivity index (χ0n) is 15.3. The van der Waals surface area contributed by atoms with Crippen molar-refractivity contribution in [2.45, 2.75) is 26.4 Å². The van der Waals surface area contributed by atoms with Crippen LogP contribution in [0.15, 0.2) is 54.6 Å². The largest absolute Gasteiger partial charge is 0.379 e. The number of hydrogen-bond acceptors (Lipinski definition) is 3. The third-order valence-corrected chi connectivity index (χ3v) is 4.74. The van der Waals surface area contributed by atoms with Crippen LogP contribution in [0.2, 0.25) is 0 Å². The van der Waals surface area contributed by atoms with Crippen molar-refractivity contribution in [3.05, 3.63) is 77.4 Å². The fraction of sp³-hybridized carbons (Fsp3) is 0.238. The van der Waals surface area contributed by atoms with Crippen molar-refractivity contribution in [1.29, 1.82) is 0 Å². The molecule has 0 saturated heterocycles. The fourth-order valence-corrected chi connectivity index (χ4v) is 3.38. The number of nitrogens with one attached hydrogen (secondary N) is 1. The van der Waals surface area contributed by atoms with Gasteiger partial charge in [-0.2, -0.15) is 5.10 Å². The Morgan fingerprint density at radius 2 is 1.96 bits per heavy atom. The van der Waals surface area contributed by atoms with Crippen molar-refractivity contribution in [3.8, 4) is 0 Å². The summed E-state index contributed by atoms with van der Waals surface area (Å²) in [5.41, 5.74) is 4.27. The minimum absolute atomic E-state index is 0.0375. The number of fused-ring (bicyclic) bond motifs is 1. The molecule has 6 heteroatoms. The molecule has 1 atom stereocenters. The number of aromatic nitrogens is 2. The maximum absolute atomic E-state index is 13.2. The van der Waals surface area contributed by atoms with Crippen LogP contribution in [0, 0.1) is 12.7 Å². The summed E-state index contributed by atoms with van der Waals surface area (Å²) < 4.78 is 15.0. The smallest absolute Gasteiger partial charge is 0.276 e. The molecule has 1 aliphatic heterocycles. The van der Waals surface area contributed by atoms with E-state index in [1.807, 2.05) is 38.1 Å². The molecule has 0 radical (unpaired) electrons. The van der Waals surface area contributed by atoms with Gasteiger partial charge in [-0.1, -0.05) is 12.1 Å². The number of anilines is 2. The second-order valence-electron chi connectivity index (χ2n) is 6.93. The predicted octanol–water partition coefficient (Wildman–Crippen LogP) is 4.16. The normalized spacial score (nSPS) is 16.3. The summed E-state index contributed by atoms with van der Waals surface area (Å²) in [5, 5.41) is 7.96. The van der Waals surface area contributed by atoms with Crippen molar-refractivity contribution in [2.75, 3.05) is 16.8 Å². The van der Waals surface area contributed by atoms with Crippen LogP contribution in [0.3, 0.4) is 0 Å². The highest BCUT2D eigenvalue weighted by molar-refractivity contribution is 6.05. The number of benzene rings is 2. The molecule has 1 N–H and O–H groups in total. The Bertz CT molecular complexity index is 980. The first kappa shape index (κ1) is 17.3. The van der Waals surface area contributed by atoms with Gasteiger partial charge in [-0.05, 0) is 61.9 Å². The van der Waals surface area contributed by atoms with E-state index in [-0.39, 0.29) is 17.8 Å². The van der Waals surface area contributed by atoms with Crippen LogP contribution in [0.4, 0.5) is 15.8 Å². The van der Waals surface area contributed by atoms with Gasteiger partial charge in [0.15, 0.2) is 0 Å². The highest BCUT2D eigenvalue weighted by Gasteiger charge is 2.31. The third-order valence-electron chi connectivity index (χ3n) is 4.74. The zero-order valence-corrected chi connectivity index (χ0v) is 15.3. The Hall–Kier alpha value is -3.15. The number of nitrogens with zero attached hydrogens (tertiary/aromatic N) is 3. The lowest BCUT2D eigenvalue weighted by atomic mass is 10.1. The lowest BCUT2D eigenvalue weighted by Gasteiger charge is -2.31. The standard InChI is InChI=1S/C21H21FN4O/c1-14-4-3-5-17(10-14)23-12-18-11-20-21(27)25(13-15(2)26(20)24-18)19-8-6-16(22)7-9-19/h3-11,15,23H,12-13H2,1-2H3. The van der Waals surface area contributed by atoms with Crippen LogP contribution in [-0.4, -0.2) is 22.2 Å². The Kier molecular flexibility index (Phi) is 4.39. The Balaban J connectivity index is 1.55. The molecule has 2 heterocycles. The highest BCUT2D eigenvalue weighted by atomic mass is 19.1. The topological polar surface area (TPSA) is 50.2 Å². The van der Waals surface area contributed by atoms with E-state index in [9.17, 15) is 9.18 Å². The van der Waals surface area contributed by atoms with Gasteiger partial charge in [0.1, 0.15) is 11.5 Å². The van der Waals surface area contributed by atoms with Gasteiger partial charge in [-0.25, -0.2) is 4.39 Å². The number of carbonyl (C=O) groups is 1. The molecule has 0 bridgehead atoms. The van der Waals surface area contributed by atoms with Crippen molar-refractivity contribution >= 4 is 17.3 Å². The molecular weight excluding hydrogens is 343 g/mol. The average Bonchev–Trinajstić information content (AvgIpc) is 3.09. The van der Waals surface area contributed by atoms with E-state index in [0.717, 1.165) is 11.4 Å². The molecule has 138 valence electrons. The van der Waals surface area contributed by atoms with E-state index in [4.69, 9.17) is 0 Å². The summed E-state index contributed by atoms with van der Waals surface area (Å²) in [7, 11) is 0. The van der Waals surface area contributed by atoms with Gasteiger partial charge in [-0.15, -0.1) is 0 Å². The van der Waals surface area contributed by atoms with Crippen LogP contribution in [-0.2, 0) is 6.54 Å². The Morgan fingerprint density at radius 3 is 2.70 bits per heavy atom. The number of hydrogen-bond donors (Lipinski definition) is 1. The predicted molar refractivity (Wildman–Crippen MR) is 104 cm³/mol. The van der Waals surface area contributed by atoms with Crippen molar-refractivity contribution < 1.29 is 9.18 Å². The van der Waals surface area contributed by atoms with Gasteiger partial charge < -0.3 is 10.2 Å². The maximum atomic E-state index is 13.2. The van der Waals surface area contributed by atoms with Crippen molar-refractivity contribution in [1.82, 2.24) is 9.78 Å². The van der Waals surface area contributed by atoms with Gasteiger partial charge in [0, 0.05) is 17.9 Å². The number of halogens is 1. The number of rotatable bonds is 4. The molecule has 2 aromatic carbocycles. The second kappa shape index (κ2) is 6.87. The molecule has 1 aromatic heterocycles. The average molecular weight is 364 g/mol. The van der Waals surface area contributed by atoms with E-state index in [0.29, 0.717) is 24.5 Å². The SMILES string of the molecule is Cc1cccc(NCc2cc3n(n2)C(C)CN(c2ccc(F)cc2)C3=O)c1. The summed E-state index contributed by atoms with van der Waals surface area (Å²) in [6, 6.07) is 16.0. The molecular formula is C21H21FN4O. The minimum atomic E-state index is -0.314. The molecule has 27 heavy (non-hydrogen) atoms. The lowest BCUT2D eigenvalue weighted by Crippen LogP contribution is -2.42. The number of carbonyl (C=O) groups excluding carboxylic acids is 1. The van der Waals surface area contributed by atoms with Gasteiger partial charge in [-0.3, -0.25) is 9.48 Å². The van der Waals surface area contributed by atoms with E-state index in [1.54, 1.807) is 21.7 Å². The zero-order chi connectivity index (χ0) is 19.0. The molecule has 5 nitrogen and oxygen atoms in total. The van der Waals surface area contributed by atoms with E-state index in [2.05, 4.69) is 16.5 Å². The van der Waals surface area contributed by atoms with Crippen LogP contribution in [0.1, 0.15) is 34.7 Å². The first-order valence-electron chi connectivity index (χ1n) is 8.97. The van der Waals surface area contributed by atoms with Crippen LogP contribution in [0.5, 0.6) is 0 Å². The van der Waals surface area contributed by atoms with Crippen molar-refractivity contribution in [2.24, 2.45) is 0 Å². The fourth-order valence-electron chi connectivity index (χ4n) is 3.38. The third kappa shape index (κ3) is 3.43. The molecule has 0 aliphatic carbocycles. The molecule has 1 aliphatic rings. The molecule has 0 spiro atoms. The summed E-state index contributed by atoms with van der Waals surface area (Å²) in [4.78, 5) is 14.6. The molecule has 3 aromatic rings. The summed E-state index contributed by atoms with van der Waals surface area (Å²) in [6.45, 7) is 5.12. The van der Waals surface area contributed by atoms with Gasteiger partial charge >= 0.3 is 0 Å². The maximum Gasteiger partial charge on any atom is 0.276 e. The molecule has 0 saturated carbocycles. The van der Waals surface area contributed by atoms with Gasteiger partial charge in [0.25, 0.3) is 5.91 Å². The van der Waals surface area contributed by atoms with E-state index >= 15 is 0 Å². The number of aryl methyl sites for hydroxylation is 1. The number of amides is 1. The van der Waals surface area contributed by atoms with Crippen LogP contribution in [0.25, 0.3) is 0 Å². The molecule has 4 rings (SSSR count). The lowest BCUT2D eigenvalue weighted by molar-refractivity contribution is 0.0953. The van der Waals surface area contributed by atoms with Crippen LogP contribution < -0.4 is 10.2 Å². The van der Waals surface area contributed by atoms with E-state index < -0.39 is 0 Å². The second-order valence-corrected chi connectivity index (χ2v) is 6.93. The Morgan fingerprint density at radius 1 is 1.19 bits per heavy atom. The summed E-state index contributed by atoms with van der Waals surface area (Å²) >= 11 is 0. The summed E-state index contributed by atoms with van der Waals surface area (Å²) in [6.07, 6.45) is 0. The molecule has 0 fully saturated rings. The highest BCUT2D eigenvalue weighted by Crippen LogP contribution is 2.27. The van der Waals surface area contributed by atoms with Crippen molar-refractivity contribution in [3.63, 3.8) is 0 Å². The first-order valence-corrected chi connectivity index (χ1v) is 8.97. The molecule has 1 unspecified atom stereocenters. The quantitative estimate of drug-likeness (QED) is 0.756.